The molecule has 6 heteroatoms. The molecule has 1 aromatic rings. The van der Waals surface area contributed by atoms with Crippen molar-refractivity contribution in [2.75, 3.05) is 33.4 Å². The lowest BCUT2D eigenvalue weighted by molar-refractivity contribution is 0.146. The second kappa shape index (κ2) is 9.99. The monoisotopic (exact) mass is 297 g/mol. The van der Waals surface area contributed by atoms with Crippen LogP contribution in [0.3, 0.4) is 0 Å². The molecule has 0 saturated heterocycles. The highest BCUT2D eigenvalue weighted by Crippen LogP contribution is 2.18. The molecule has 1 rings (SSSR count). The minimum Gasteiger partial charge on any atom is -0.494 e. The summed E-state index contributed by atoms with van der Waals surface area (Å²) < 4.78 is 23.4. The van der Waals surface area contributed by atoms with Crippen molar-refractivity contribution >= 4 is 5.96 Å². The van der Waals surface area contributed by atoms with E-state index in [1.807, 2.05) is 6.92 Å². The fourth-order valence-corrected chi connectivity index (χ4v) is 1.76. The van der Waals surface area contributed by atoms with Crippen molar-refractivity contribution in [3.63, 3.8) is 0 Å². The van der Waals surface area contributed by atoms with Crippen LogP contribution < -0.4 is 15.8 Å². The Morgan fingerprint density at radius 3 is 2.95 bits per heavy atom. The molecule has 1 aromatic carbocycles. The van der Waals surface area contributed by atoms with Crippen molar-refractivity contribution in [1.29, 1.82) is 0 Å². The van der Waals surface area contributed by atoms with Gasteiger partial charge in [-0.1, -0.05) is 6.07 Å². The molecule has 3 N–H and O–H groups in total. The minimum absolute atomic E-state index is 0.255. The lowest BCUT2D eigenvalue weighted by atomic mass is 10.1. The Hall–Kier alpha value is -1.82. The number of ether oxygens (including phenoxy) is 2. The minimum atomic E-state index is -0.357. The summed E-state index contributed by atoms with van der Waals surface area (Å²) in [7, 11) is 1.45. The van der Waals surface area contributed by atoms with Crippen LogP contribution in [0, 0.1) is 5.82 Å². The average Bonchev–Trinajstić information content (AvgIpc) is 2.48. The molecule has 0 aliphatic rings. The van der Waals surface area contributed by atoms with E-state index in [-0.39, 0.29) is 11.6 Å². The molecule has 21 heavy (non-hydrogen) atoms. The maximum absolute atomic E-state index is 13.3. The van der Waals surface area contributed by atoms with Gasteiger partial charge in [-0.05, 0) is 37.5 Å². The van der Waals surface area contributed by atoms with Crippen molar-refractivity contribution in [2.45, 2.75) is 19.8 Å². The van der Waals surface area contributed by atoms with Gasteiger partial charge in [0.1, 0.15) is 0 Å². The molecule has 0 bridgehead atoms. The van der Waals surface area contributed by atoms with Gasteiger partial charge in [0.2, 0.25) is 0 Å². The van der Waals surface area contributed by atoms with Crippen molar-refractivity contribution in [3.8, 4) is 5.75 Å². The van der Waals surface area contributed by atoms with E-state index in [2.05, 4.69) is 10.3 Å². The van der Waals surface area contributed by atoms with Crippen LogP contribution in [0.25, 0.3) is 0 Å². The number of methoxy groups -OCH3 is 1. The van der Waals surface area contributed by atoms with Gasteiger partial charge in [0.25, 0.3) is 0 Å². The summed E-state index contributed by atoms with van der Waals surface area (Å²) in [6, 6.07) is 4.82. The molecule has 5 nitrogen and oxygen atoms in total. The summed E-state index contributed by atoms with van der Waals surface area (Å²) in [4.78, 5) is 4.19. The van der Waals surface area contributed by atoms with E-state index in [4.69, 9.17) is 15.2 Å². The van der Waals surface area contributed by atoms with Crippen LogP contribution >= 0.6 is 0 Å². The first-order chi connectivity index (χ1) is 10.2. The SMILES string of the molecule is CCOCCCN=C(N)NCCc1ccc(F)c(OC)c1. The van der Waals surface area contributed by atoms with Crippen molar-refractivity contribution in [2.24, 2.45) is 10.7 Å². The summed E-state index contributed by atoms with van der Waals surface area (Å²) in [5.41, 5.74) is 6.72. The maximum Gasteiger partial charge on any atom is 0.188 e. The van der Waals surface area contributed by atoms with Crippen LogP contribution in [0.2, 0.25) is 0 Å². The highest BCUT2D eigenvalue weighted by Gasteiger charge is 2.03. The number of rotatable bonds is 9. The third kappa shape index (κ3) is 6.94. The summed E-state index contributed by atoms with van der Waals surface area (Å²) in [5, 5.41) is 3.03. The lowest BCUT2D eigenvalue weighted by Gasteiger charge is -2.08. The maximum atomic E-state index is 13.3. The van der Waals surface area contributed by atoms with Gasteiger partial charge in [-0.3, -0.25) is 4.99 Å². The Bertz CT molecular complexity index is 453. The zero-order valence-corrected chi connectivity index (χ0v) is 12.7. The molecular formula is C15H24FN3O2. The highest BCUT2D eigenvalue weighted by molar-refractivity contribution is 5.77. The molecule has 0 aliphatic heterocycles. The molecule has 0 radical (unpaired) electrons. The van der Waals surface area contributed by atoms with Gasteiger partial charge in [0.15, 0.2) is 17.5 Å². The number of nitrogens with zero attached hydrogens (tertiary/aromatic N) is 1. The first-order valence-electron chi connectivity index (χ1n) is 7.11. The number of hydrogen-bond donors (Lipinski definition) is 2. The Kier molecular flexibility index (Phi) is 8.19. The van der Waals surface area contributed by atoms with E-state index in [1.165, 1.54) is 13.2 Å². The van der Waals surface area contributed by atoms with Gasteiger partial charge in [0.05, 0.1) is 7.11 Å². The number of nitrogens with one attached hydrogen (secondary N) is 1. The van der Waals surface area contributed by atoms with E-state index < -0.39 is 0 Å². The van der Waals surface area contributed by atoms with Gasteiger partial charge >= 0.3 is 0 Å². The Morgan fingerprint density at radius 2 is 2.24 bits per heavy atom. The number of aliphatic imine (C=N–C) groups is 1. The lowest BCUT2D eigenvalue weighted by Crippen LogP contribution is -2.33. The standard InChI is InChI=1S/C15H24FN3O2/c1-3-21-10-4-8-18-15(17)19-9-7-12-5-6-13(16)14(11-12)20-2/h5-6,11H,3-4,7-10H2,1-2H3,(H3,17,18,19). The fourth-order valence-electron chi connectivity index (χ4n) is 1.76. The molecule has 0 fully saturated rings. The van der Waals surface area contributed by atoms with Gasteiger partial charge in [-0.2, -0.15) is 0 Å². The van der Waals surface area contributed by atoms with Crippen LogP contribution in [-0.4, -0.2) is 39.4 Å². The molecular weight excluding hydrogens is 273 g/mol. The predicted molar refractivity (Wildman–Crippen MR) is 82.3 cm³/mol. The molecule has 0 saturated carbocycles. The Labute approximate surface area is 125 Å². The molecule has 118 valence electrons. The van der Waals surface area contributed by atoms with Gasteiger partial charge in [-0.25, -0.2) is 4.39 Å². The van der Waals surface area contributed by atoms with Crippen LogP contribution in [0.4, 0.5) is 4.39 Å². The molecule has 0 heterocycles. The van der Waals surface area contributed by atoms with E-state index in [0.29, 0.717) is 32.1 Å². The molecule has 0 unspecified atom stereocenters. The zero-order chi connectivity index (χ0) is 15.5. The normalized spacial score (nSPS) is 11.5. The van der Waals surface area contributed by atoms with Gasteiger partial charge in [0, 0.05) is 26.3 Å². The van der Waals surface area contributed by atoms with Crippen molar-refractivity contribution in [3.05, 3.63) is 29.6 Å². The second-order valence-corrected chi connectivity index (χ2v) is 4.46. The number of guanidine groups is 1. The summed E-state index contributed by atoms with van der Waals surface area (Å²) in [6.45, 7) is 4.66. The number of benzene rings is 1. The average molecular weight is 297 g/mol. The molecule has 0 aliphatic carbocycles. The van der Waals surface area contributed by atoms with Gasteiger partial charge < -0.3 is 20.5 Å². The van der Waals surface area contributed by atoms with Crippen LogP contribution in [0.1, 0.15) is 18.9 Å². The van der Waals surface area contributed by atoms with Crippen molar-refractivity contribution < 1.29 is 13.9 Å². The first kappa shape index (κ1) is 17.2. The van der Waals surface area contributed by atoms with E-state index in [1.54, 1.807) is 12.1 Å². The Morgan fingerprint density at radius 1 is 1.43 bits per heavy atom. The number of halogens is 1. The molecule has 0 amide bonds. The third-order valence-corrected chi connectivity index (χ3v) is 2.87. The summed E-state index contributed by atoms with van der Waals surface area (Å²) in [5.74, 6) is 0.315. The molecule has 0 aromatic heterocycles. The zero-order valence-electron chi connectivity index (χ0n) is 12.7. The largest absolute Gasteiger partial charge is 0.494 e. The van der Waals surface area contributed by atoms with Crippen LogP contribution in [-0.2, 0) is 11.2 Å². The smallest absolute Gasteiger partial charge is 0.188 e. The van der Waals surface area contributed by atoms with E-state index >= 15 is 0 Å². The molecule has 0 atom stereocenters. The summed E-state index contributed by atoms with van der Waals surface area (Å²) in [6.07, 6.45) is 1.57. The summed E-state index contributed by atoms with van der Waals surface area (Å²) >= 11 is 0. The number of hydrogen-bond acceptors (Lipinski definition) is 3. The number of nitrogens with two attached hydrogens (primary N) is 1. The fraction of sp³-hybridized carbons (Fsp3) is 0.533. The third-order valence-electron chi connectivity index (χ3n) is 2.87. The van der Waals surface area contributed by atoms with E-state index in [0.717, 1.165) is 18.6 Å². The van der Waals surface area contributed by atoms with Crippen LogP contribution in [0.15, 0.2) is 23.2 Å². The Balaban J connectivity index is 2.27. The van der Waals surface area contributed by atoms with E-state index in [9.17, 15) is 4.39 Å². The first-order valence-corrected chi connectivity index (χ1v) is 7.11. The second-order valence-electron chi connectivity index (χ2n) is 4.46. The van der Waals surface area contributed by atoms with Gasteiger partial charge in [-0.15, -0.1) is 0 Å². The van der Waals surface area contributed by atoms with Crippen molar-refractivity contribution in [1.82, 2.24) is 5.32 Å². The predicted octanol–water partition coefficient (Wildman–Crippen LogP) is 1.71. The topological polar surface area (TPSA) is 68.9 Å². The quantitative estimate of drug-likeness (QED) is 0.413. The molecule has 0 spiro atoms. The van der Waals surface area contributed by atoms with Crippen LogP contribution in [0.5, 0.6) is 5.75 Å². The highest BCUT2D eigenvalue weighted by atomic mass is 19.1.